The molecule has 0 unspecified atom stereocenters. The highest BCUT2D eigenvalue weighted by Gasteiger charge is 2.11. The number of nitrogens with one attached hydrogen (secondary N) is 1. The Morgan fingerprint density at radius 2 is 1.84 bits per heavy atom. The van der Waals surface area contributed by atoms with Gasteiger partial charge >= 0.3 is 0 Å². The first-order valence-electron chi connectivity index (χ1n) is 7.38. The summed E-state index contributed by atoms with van der Waals surface area (Å²) in [5.41, 5.74) is 5.02. The summed E-state index contributed by atoms with van der Waals surface area (Å²) in [6.45, 7) is 10.6. The van der Waals surface area contributed by atoms with Crippen LogP contribution < -0.4 is 5.32 Å². The molecule has 0 amide bonds. The number of fused-ring (bicyclic) bond motifs is 1. The number of nitrogens with zero attached hydrogens (tertiary/aromatic N) is 2. The number of imidazole rings is 1. The van der Waals surface area contributed by atoms with E-state index in [9.17, 15) is 0 Å². The van der Waals surface area contributed by atoms with Gasteiger partial charge < -0.3 is 9.88 Å². The average Bonchev–Trinajstić information content (AvgIpc) is 2.69. The maximum atomic E-state index is 4.73. The lowest BCUT2D eigenvalue weighted by Gasteiger charge is -2.10. The van der Waals surface area contributed by atoms with Crippen LogP contribution in [0.15, 0.2) is 12.1 Å². The van der Waals surface area contributed by atoms with Gasteiger partial charge in [0, 0.05) is 13.1 Å². The first kappa shape index (κ1) is 13.9. The van der Waals surface area contributed by atoms with Crippen LogP contribution in [0.1, 0.15) is 44.2 Å². The Labute approximate surface area is 116 Å². The highest BCUT2D eigenvalue weighted by Crippen LogP contribution is 2.24. The molecule has 0 fully saturated rings. The molecule has 3 nitrogen and oxygen atoms in total. The molecule has 1 heterocycles. The van der Waals surface area contributed by atoms with Crippen molar-refractivity contribution in [2.24, 2.45) is 0 Å². The van der Waals surface area contributed by atoms with Crippen molar-refractivity contribution >= 4 is 17.0 Å². The van der Waals surface area contributed by atoms with Crippen molar-refractivity contribution in [1.82, 2.24) is 9.55 Å². The zero-order valence-corrected chi connectivity index (χ0v) is 12.6. The average molecular weight is 259 g/mol. The minimum atomic E-state index is 0.912. The Kier molecular flexibility index (Phi) is 4.46. The molecule has 0 radical (unpaired) electrons. The fourth-order valence-electron chi connectivity index (χ4n) is 2.42. The molecule has 1 N–H and O–H groups in total. The van der Waals surface area contributed by atoms with Crippen LogP contribution in [0.4, 0.5) is 5.95 Å². The lowest BCUT2D eigenvalue weighted by atomic mass is 10.1. The normalized spacial score (nSPS) is 11.2. The van der Waals surface area contributed by atoms with Gasteiger partial charge in [0.2, 0.25) is 5.95 Å². The monoisotopic (exact) mass is 259 g/mol. The van der Waals surface area contributed by atoms with E-state index in [2.05, 4.69) is 49.7 Å². The van der Waals surface area contributed by atoms with Gasteiger partial charge in [-0.3, -0.25) is 0 Å². The fraction of sp³-hybridized carbons (Fsp3) is 0.562. The van der Waals surface area contributed by atoms with Crippen molar-refractivity contribution in [3.05, 3.63) is 23.3 Å². The second kappa shape index (κ2) is 6.09. The number of aryl methyl sites for hydroxylation is 3. The van der Waals surface area contributed by atoms with Crippen LogP contribution in [-0.4, -0.2) is 16.1 Å². The standard InChI is InChI=1S/C16H25N3/c1-5-7-8-9-19-15-11-13(4)12(3)10-14(15)18-16(19)17-6-2/h10-11H,5-9H2,1-4H3,(H,17,18). The molecule has 2 aromatic rings. The SMILES string of the molecule is CCCCCn1c(NCC)nc2cc(C)c(C)cc21. The lowest BCUT2D eigenvalue weighted by Crippen LogP contribution is -2.07. The molecule has 0 aliphatic carbocycles. The molecule has 19 heavy (non-hydrogen) atoms. The maximum Gasteiger partial charge on any atom is 0.203 e. The molecular weight excluding hydrogens is 234 g/mol. The molecule has 0 bridgehead atoms. The summed E-state index contributed by atoms with van der Waals surface area (Å²) in [4.78, 5) is 4.73. The van der Waals surface area contributed by atoms with Crippen LogP contribution in [0.2, 0.25) is 0 Å². The second-order valence-electron chi connectivity index (χ2n) is 5.25. The van der Waals surface area contributed by atoms with Crippen molar-refractivity contribution in [2.45, 2.75) is 53.5 Å². The minimum Gasteiger partial charge on any atom is -0.356 e. The van der Waals surface area contributed by atoms with Crippen molar-refractivity contribution in [1.29, 1.82) is 0 Å². The van der Waals surface area contributed by atoms with Crippen molar-refractivity contribution in [3.8, 4) is 0 Å². The third kappa shape index (κ3) is 2.91. The molecule has 0 spiro atoms. The van der Waals surface area contributed by atoms with E-state index in [4.69, 9.17) is 4.98 Å². The van der Waals surface area contributed by atoms with Crippen LogP contribution in [0.25, 0.3) is 11.0 Å². The molecule has 1 aromatic carbocycles. The van der Waals surface area contributed by atoms with Gasteiger partial charge in [0.05, 0.1) is 11.0 Å². The number of unbranched alkanes of at least 4 members (excludes halogenated alkanes) is 2. The summed E-state index contributed by atoms with van der Waals surface area (Å²) in [5.74, 6) is 1.01. The number of benzene rings is 1. The number of hydrogen-bond donors (Lipinski definition) is 1. The van der Waals surface area contributed by atoms with Crippen molar-refractivity contribution < 1.29 is 0 Å². The largest absolute Gasteiger partial charge is 0.356 e. The topological polar surface area (TPSA) is 29.9 Å². The van der Waals surface area contributed by atoms with E-state index < -0.39 is 0 Å². The molecule has 0 aliphatic heterocycles. The highest BCUT2D eigenvalue weighted by atomic mass is 15.2. The Bertz CT molecular complexity index is 555. The van der Waals surface area contributed by atoms with E-state index in [-0.39, 0.29) is 0 Å². The molecule has 0 saturated carbocycles. The third-order valence-corrected chi connectivity index (χ3v) is 3.68. The van der Waals surface area contributed by atoms with E-state index in [1.54, 1.807) is 0 Å². The summed E-state index contributed by atoms with van der Waals surface area (Å²) in [6.07, 6.45) is 3.74. The van der Waals surface area contributed by atoms with Gasteiger partial charge in [0.25, 0.3) is 0 Å². The Morgan fingerprint density at radius 1 is 1.11 bits per heavy atom. The van der Waals surface area contributed by atoms with Crippen LogP contribution in [0, 0.1) is 13.8 Å². The predicted molar refractivity (Wildman–Crippen MR) is 82.9 cm³/mol. The summed E-state index contributed by atoms with van der Waals surface area (Å²) >= 11 is 0. The van der Waals surface area contributed by atoms with Crippen molar-refractivity contribution in [2.75, 3.05) is 11.9 Å². The first-order valence-corrected chi connectivity index (χ1v) is 7.38. The van der Waals surface area contributed by atoms with Gasteiger partial charge in [-0.15, -0.1) is 0 Å². The number of rotatable bonds is 6. The van der Waals surface area contributed by atoms with E-state index in [0.717, 1.165) is 24.6 Å². The minimum absolute atomic E-state index is 0.912. The molecule has 104 valence electrons. The number of aromatic nitrogens is 2. The smallest absolute Gasteiger partial charge is 0.203 e. The van der Waals surface area contributed by atoms with Gasteiger partial charge in [0.1, 0.15) is 0 Å². The Balaban J connectivity index is 2.43. The summed E-state index contributed by atoms with van der Waals surface area (Å²) in [7, 11) is 0. The second-order valence-corrected chi connectivity index (χ2v) is 5.25. The van der Waals surface area contributed by atoms with Crippen LogP contribution in [0.5, 0.6) is 0 Å². The van der Waals surface area contributed by atoms with E-state index in [1.807, 2.05) is 0 Å². The fourth-order valence-corrected chi connectivity index (χ4v) is 2.42. The molecule has 2 rings (SSSR count). The van der Waals surface area contributed by atoms with Crippen LogP contribution in [0.3, 0.4) is 0 Å². The molecule has 1 aromatic heterocycles. The molecule has 0 saturated heterocycles. The molecule has 0 aliphatic rings. The zero-order chi connectivity index (χ0) is 13.8. The predicted octanol–water partition coefficient (Wildman–Crippen LogP) is 4.28. The van der Waals surface area contributed by atoms with Gasteiger partial charge in [-0.1, -0.05) is 19.8 Å². The number of anilines is 1. The lowest BCUT2D eigenvalue weighted by molar-refractivity contribution is 0.616. The number of hydrogen-bond acceptors (Lipinski definition) is 2. The molecule has 0 atom stereocenters. The highest BCUT2D eigenvalue weighted by molar-refractivity contribution is 5.80. The first-order chi connectivity index (χ1) is 9.17. The third-order valence-electron chi connectivity index (χ3n) is 3.68. The Morgan fingerprint density at radius 3 is 2.53 bits per heavy atom. The quantitative estimate of drug-likeness (QED) is 0.785. The Hall–Kier alpha value is -1.51. The van der Waals surface area contributed by atoms with Gasteiger partial charge in [-0.2, -0.15) is 0 Å². The summed E-state index contributed by atoms with van der Waals surface area (Å²) in [6, 6.07) is 4.46. The van der Waals surface area contributed by atoms with Crippen molar-refractivity contribution in [3.63, 3.8) is 0 Å². The van der Waals surface area contributed by atoms with Gasteiger partial charge in [0.15, 0.2) is 0 Å². The zero-order valence-electron chi connectivity index (χ0n) is 12.6. The maximum absolute atomic E-state index is 4.73. The van der Waals surface area contributed by atoms with Gasteiger partial charge in [-0.05, 0) is 50.5 Å². The van der Waals surface area contributed by atoms with E-state index in [0.29, 0.717) is 0 Å². The molecular formula is C16H25N3. The summed E-state index contributed by atoms with van der Waals surface area (Å²) in [5, 5.41) is 3.38. The van der Waals surface area contributed by atoms with Crippen LogP contribution in [-0.2, 0) is 6.54 Å². The van der Waals surface area contributed by atoms with E-state index >= 15 is 0 Å². The molecule has 3 heteroatoms. The van der Waals surface area contributed by atoms with Crippen LogP contribution >= 0.6 is 0 Å². The summed E-state index contributed by atoms with van der Waals surface area (Å²) < 4.78 is 2.33. The van der Waals surface area contributed by atoms with Gasteiger partial charge in [-0.25, -0.2) is 4.98 Å². The van der Waals surface area contributed by atoms with E-state index in [1.165, 1.54) is 35.9 Å².